The van der Waals surface area contributed by atoms with E-state index >= 15 is 0 Å². The fourth-order valence-corrected chi connectivity index (χ4v) is 4.65. The summed E-state index contributed by atoms with van der Waals surface area (Å²) in [6, 6.07) is 3.34. The van der Waals surface area contributed by atoms with Gasteiger partial charge in [0.25, 0.3) is 0 Å². The SMILES string of the molecule is Oc1ccc(C(Cl)(Cl)C(Cl)(Cl)C(Cl)(Cl)Cl)cc1C(Cl)(Cl)C(Cl)(Cl)C(Cl)(Cl)Cl. The molecule has 0 amide bonds. The van der Waals surface area contributed by atoms with Gasteiger partial charge in [-0.1, -0.05) is 168 Å². The van der Waals surface area contributed by atoms with Crippen LogP contribution in [0, 0.1) is 0 Å². The zero-order chi connectivity index (χ0) is 21.9. The predicted molar refractivity (Wildman–Crippen MR) is 124 cm³/mol. The molecule has 0 atom stereocenters. The summed E-state index contributed by atoms with van der Waals surface area (Å²) in [5.41, 5.74) is -0.451. The number of benzene rings is 1. The Kier molecular flexibility index (Phi) is 9.15. The number of phenolic OH excluding ortho intramolecular Hbond substituents is 1. The molecule has 0 saturated heterocycles. The van der Waals surface area contributed by atoms with Gasteiger partial charge in [-0.05, 0) is 17.7 Å². The fraction of sp³-hybridized carbons (Fsp3) is 0.500. The first kappa shape index (κ1) is 28.1. The molecule has 156 valence electrons. The monoisotopic (exact) mass is 654 g/mol. The molecule has 0 aliphatic rings. The van der Waals surface area contributed by atoms with E-state index in [0.717, 1.165) is 12.1 Å². The largest absolute Gasteiger partial charge is 0.508 e. The van der Waals surface area contributed by atoms with E-state index < -0.39 is 30.7 Å². The molecule has 1 rings (SSSR count). The van der Waals surface area contributed by atoms with Crippen molar-refractivity contribution in [3.8, 4) is 5.75 Å². The number of aromatic hydroxyl groups is 1. The summed E-state index contributed by atoms with van der Waals surface area (Å²) in [7, 11) is 0. The quantitative estimate of drug-likeness (QED) is 0.319. The molecule has 0 saturated carbocycles. The molecular formula is C12H4Cl14O. The van der Waals surface area contributed by atoms with Crippen LogP contribution in [0.2, 0.25) is 0 Å². The molecular weight excluding hydrogens is 656 g/mol. The van der Waals surface area contributed by atoms with Crippen molar-refractivity contribution >= 4 is 162 Å². The van der Waals surface area contributed by atoms with Crippen molar-refractivity contribution in [3.05, 3.63) is 29.3 Å². The fourth-order valence-electron chi connectivity index (χ4n) is 1.69. The summed E-state index contributed by atoms with van der Waals surface area (Å²) in [4.78, 5) is 0. The van der Waals surface area contributed by atoms with Gasteiger partial charge in [0.1, 0.15) is 5.75 Å². The molecule has 0 heterocycles. The minimum Gasteiger partial charge on any atom is -0.508 e. The van der Waals surface area contributed by atoms with Gasteiger partial charge in [0.2, 0.25) is 16.3 Å². The third-order valence-corrected chi connectivity index (χ3v) is 11.1. The van der Waals surface area contributed by atoms with Gasteiger partial charge in [0, 0.05) is 5.56 Å². The molecule has 0 aliphatic heterocycles. The van der Waals surface area contributed by atoms with E-state index in [-0.39, 0.29) is 11.1 Å². The van der Waals surface area contributed by atoms with E-state index in [9.17, 15) is 5.11 Å². The summed E-state index contributed by atoms with van der Waals surface area (Å²) < 4.78 is -14.2. The topological polar surface area (TPSA) is 20.2 Å². The van der Waals surface area contributed by atoms with Gasteiger partial charge < -0.3 is 5.11 Å². The van der Waals surface area contributed by atoms with Crippen molar-refractivity contribution in [2.45, 2.75) is 24.9 Å². The van der Waals surface area contributed by atoms with Crippen LogP contribution in [0.3, 0.4) is 0 Å². The highest BCUT2D eigenvalue weighted by Crippen LogP contribution is 2.64. The van der Waals surface area contributed by atoms with Crippen LogP contribution in [0.25, 0.3) is 0 Å². The molecule has 1 aromatic carbocycles. The van der Waals surface area contributed by atoms with E-state index in [1.54, 1.807) is 0 Å². The maximum Gasteiger partial charge on any atom is 0.226 e. The summed E-state index contributed by atoms with van der Waals surface area (Å²) in [6.45, 7) is 0. The van der Waals surface area contributed by atoms with Crippen molar-refractivity contribution in [2.75, 3.05) is 0 Å². The van der Waals surface area contributed by atoms with E-state index in [1.165, 1.54) is 6.07 Å². The Bertz CT molecular complexity index is 699. The van der Waals surface area contributed by atoms with Gasteiger partial charge in [-0.25, -0.2) is 0 Å². The summed E-state index contributed by atoms with van der Waals surface area (Å²) in [6.07, 6.45) is 0. The highest BCUT2D eigenvalue weighted by molar-refractivity contribution is 6.79. The minimum absolute atomic E-state index is 0.103. The molecule has 1 nitrogen and oxygen atoms in total. The van der Waals surface area contributed by atoms with Crippen LogP contribution >= 0.6 is 162 Å². The molecule has 1 N–H and O–H groups in total. The van der Waals surface area contributed by atoms with Crippen molar-refractivity contribution in [1.82, 2.24) is 0 Å². The van der Waals surface area contributed by atoms with Gasteiger partial charge in [0.15, 0.2) is 8.67 Å². The average molecular weight is 661 g/mol. The molecule has 15 heteroatoms. The molecule has 0 radical (unpaired) electrons. The molecule has 0 unspecified atom stereocenters. The van der Waals surface area contributed by atoms with Gasteiger partial charge in [-0.3, -0.25) is 0 Å². The molecule has 1 aromatic rings. The average Bonchev–Trinajstić information content (AvgIpc) is 2.44. The second kappa shape index (κ2) is 8.79. The molecule has 0 fully saturated rings. The van der Waals surface area contributed by atoms with Crippen LogP contribution in [0.15, 0.2) is 18.2 Å². The van der Waals surface area contributed by atoms with Crippen LogP contribution in [0.5, 0.6) is 5.75 Å². The van der Waals surface area contributed by atoms with E-state index in [4.69, 9.17) is 162 Å². The van der Waals surface area contributed by atoms with Crippen LogP contribution < -0.4 is 0 Å². The third kappa shape index (κ3) is 5.19. The number of rotatable bonds is 4. The first-order chi connectivity index (χ1) is 11.6. The summed E-state index contributed by atoms with van der Waals surface area (Å²) in [5, 5.41) is 10.2. The van der Waals surface area contributed by atoms with Crippen molar-refractivity contribution in [2.24, 2.45) is 0 Å². The van der Waals surface area contributed by atoms with Crippen molar-refractivity contribution < 1.29 is 5.11 Å². The Morgan fingerprint density at radius 1 is 0.556 bits per heavy atom. The lowest BCUT2D eigenvalue weighted by atomic mass is 10.0. The first-order valence-corrected chi connectivity index (χ1v) is 11.4. The Morgan fingerprint density at radius 3 is 1.30 bits per heavy atom. The second-order valence-electron chi connectivity index (χ2n) is 5.03. The van der Waals surface area contributed by atoms with E-state index in [0.29, 0.717) is 0 Å². The van der Waals surface area contributed by atoms with Gasteiger partial charge in [0.05, 0.1) is 0 Å². The van der Waals surface area contributed by atoms with Gasteiger partial charge in [-0.2, -0.15) is 0 Å². The predicted octanol–water partition coefficient (Wildman–Crippen LogP) is 9.74. The van der Waals surface area contributed by atoms with Crippen molar-refractivity contribution in [1.29, 1.82) is 0 Å². The minimum atomic E-state index is -2.46. The van der Waals surface area contributed by atoms with Crippen LogP contribution in [0.1, 0.15) is 11.1 Å². The standard InChI is InChI=1S/C12H4Cl14O/c13-7(14,9(17,18)11(21,22)23)4-1-2-6(27)5(3-4)8(15,16)10(19,20)12(24,25)26/h1-3,27H. The normalized spacial score (nSPS) is 15.2. The van der Waals surface area contributed by atoms with E-state index in [2.05, 4.69) is 0 Å². The lowest BCUT2D eigenvalue weighted by molar-refractivity contribution is 0.461. The van der Waals surface area contributed by atoms with Gasteiger partial charge in [-0.15, -0.1) is 0 Å². The van der Waals surface area contributed by atoms with Crippen LogP contribution in [-0.2, 0) is 8.67 Å². The highest BCUT2D eigenvalue weighted by Gasteiger charge is 2.63. The molecule has 0 aromatic heterocycles. The molecule has 0 aliphatic carbocycles. The first-order valence-electron chi connectivity index (χ1n) is 6.11. The number of alkyl halides is 14. The number of phenols is 1. The third-order valence-electron chi connectivity index (χ3n) is 3.20. The smallest absolute Gasteiger partial charge is 0.226 e. The summed E-state index contributed by atoms with van der Waals surface area (Å²) >= 11 is 83.7. The van der Waals surface area contributed by atoms with Gasteiger partial charge >= 0.3 is 0 Å². The van der Waals surface area contributed by atoms with E-state index in [1.807, 2.05) is 0 Å². The molecule has 27 heavy (non-hydrogen) atoms. The molecule has 0 bridgehead atoms. The Labute approximate surface area is 225 Å². The lowest BCUT2D eigenvalue weighted by Gasteiger charge is -2.40. The Balaban J connectivity index is 3.67. The molecule has 0 spiro atoms. The number of hydrogen-bond donors (Lipinski definition) is 1. The Morgan fingerprint density at radius 2 is 0.926 bits per heavy atom. The highest BCUT2D eigenvalue weighted by atomic mass is 35.6. The maximum absolute atomic E-state index is 10.2. The van der Waals surface area contributed by atoms with Crippen LogP contribution in [0.4, 0.5) is 0 Å². The zero-order valence-electron chi connectivity index (χ0n) is 12.0. The zero-order valence-corrected chi connectivity index (χ0v) is 22.6. The second-order valence-corrected chi connectivity index (χ2v) is 14.9. The lowest BCUT2D eigenvalue weighted by Crippen LogP contribution is -2.46. The summed E-state index contributed by atoms with van der Waals surface area (Å²) in [5.74, 6) is -0.503. The van der Waals surface area contributed by atoms with Crippen molar-refractivity contribution in [3.63, 3.8) is 0 Å². The van der Waals surface area contributed by atoms with Crippen LogP contribution in [-0.4, -0.2) is 21.4 Å². The number of hydrogen-bond acceptors (Lipinski definition) is 1. The Hall–Kier alpha value is 3.08. The maximum atomic E-state index is 10.2. The number of halogens is 14.